The highest BCUT2D eigenvalue weighted by Crippen LogP contribution is 2.26. The van der Waals surface area contributed by atoms with Gasteiger partial charge in [-0.15, -0.1) is 0 Å². The highest BCUT2D eigenvalue weighted by atomic mass is 16.6. The highest BCUT2D eigenvalue weighted by molar-refractivity contribution is 5.86. The monoisotopic (exact) mass is 395 g/mol. The standard InChI is InChI=1S/C19H21N7O3/c1-3-4-7-22-17-16-14(24-19(25-17)29-18(21)27)10-23-26(16)11-13-6-5-12(9-20)8-15(13)28-2/h5-6,8,10H,3-4,7,11H2,1-2H3,(H2,21,27)(H,22,24,25). The van der Waals surface area contributed by atoms with Gasteiger partial charge in [-0.3, -0.25) is 4.68 Å². The number of benzene rings is 1. The number of anilines is 1. The number of rotatable bonds is 8. The number of amides is 1. The molecule has 3 N–H and O–H groups in total. The van der Waals surface area contributed by atoms with E-state index in [1.807, 2.05) is 6.07 Å². The van der Waals surface area contributed by atoms with Crippen LogP contribution >= 0.6 is 0 Å². The zero-order chi connectivity index (χ0) is 20.8. The third kappa shape index (κ3) is 4.52. The van der Waals surface area contributed by atoms with E-state index in [9.17, 15) is 4.79 Å². The molecule has 0 unspecified atom stereocenters. The van der Waals surface area contributed by atoms with E-state index in [4.69, 9.17) is 20.5 Å². The minimum Gasteiger partial charge on any atom is -0.496 e. The maximum absolute atomic E-state index is 11.1. The van der Waals surface area contributed by atoms with Crippen LogP contribution in [0, 0.1) is 11.3 Å². The Morgan fingerprint density at radius 2 is 2.21 bits per heavy atom. The quantitative estimate of drug-likeness (QED) is 0.554. The van der Waals surface area contributed by atoms with Crippen LogP contribution in [0.5, 0.6) is 11.8 Å². The third-order valence-corrected chi connectivity index (χ3v) is 4.22. The van der Waals surface area contributed by atoms with E-state index in [1.165, 1.54) is 0 Å². The van der Waals surface area contributed by atoms with Crippen LogP contribution in [0.25, 0.3) is 11.0 Å². The van der Waals surface area contributed by atoms with Crippen LogP contribution in [0.3, 0.4) is 0 Å². The fourth-order valence-corrected chi connectivity index (χ4v) is 2.85. The predicted molar refractivity (Wildman–Crippen MR) is 106 cm³/mol. The Hall–Kier alpha value is -3.87. The van der Waals surface area contributed by atoms with E-state index in [1.54, 1.807) is 30.1 Å². The van der Waals surface area contributed by atoms with Crippen LogP contribution in [-0.4, -0.2) is 39.5 Å². The fraction of sp³-hybridized carbons (Fsp3) is 0.316. The van der Waals surface area contributed by atoms with Crippen molar-refractivity contribution < 1.29 is 14.3 Å². The molecule has 0 saturated heterocycles. The lowest BCUT2D eigenvalue weighted by molar-refractivity contribution is 0.207. The van der Waals surface area contributed by atoms with Gasteiger partial charge in [0.15, 0.2) is 5.82 Å². The topological polar surface area (TPSA) is 141 Å². The number of nitrogens with one attached hydrogen (secondary N) is 1. The molecule has 0 fully saturated rings. The largest absolute Gasteiger partial charge is 0.496 e. The molecule has 10 heteroatoms. The van der Waals surface area contributed by atoms with Crippen LogP contribution in [0.1, 0.15) is 30.9 Å². The van der Waals surface area contributed by atoms with Crippen molar-refractivity contribution in [2.45, 2.75) is 26.3 Å². The molecule has 150 valence electrons. The Morgan fingerprint density at radius 3 is 2.90 bits per heavy atom. The Kier molecular flexibility index (Phi) is 6.09. The molecule has 2 aromatic heterocycles. The van der Waals surface area contributed by atoms with E-state index in [0.717, 1.165) is 18.4 Å². The van der Waals surface area contributed by atoms with Crippen molar-refractivity contribution in [3.05, 3.63) is 35.5 Å². The Balaban J connectivity index is 2.02. The van der Waals surface area contributed by atoms with Crippen LogP contribution in [-0.2, 0) is 6.54 Å². The number of hydrogen-bond donors (Lipinski definition) is 2. The van der Waals surface area contributed by atoms with Crippen LogP contribution < -0.4 is 20.5 Å². The summed E-state index contributed by atoms with van der Waals surface area (Å²) in [5.74, 6) is 1.08. The molecule has 1 aromatic carbocycles. The van der Waals surface area contributed by atoms with Gasteiger partial charge in [0.25, 0.3) is 0 Å². The summed E-state index contributed by atoms with van der Waals surface area (Å²) < 4.78 is 12.0. The highest BCUT2D eigenvalue weighted by Gasteiger charge is 2.17. The molecule has 0 aliphatic heterocycles. The number of aromatic nitrogens is 4. The lowest BCUT2D eigenvalue weighted by Crippen LogP contribution is -2.18. The van der Waals surface area contributed by atoms with E-state index >= 15 is 0 Å². The van der Waals surface area contributed by atoms with Gasteiger partial charge in [0, 0.05) is 12.1 Å². The second-order valence-electron chi connectivity index (χ2n) is 6.23. The second kappa shape index (κ2) is 8.88. The van der Waals surface area contributed by atoms with Crippen molar-refractivity contribution in [3.63, 3.8) is 0 Å². The van der Waals surface area contributed by atoms with Crippen molar-refractivity contribution in [1.29, 1.82) is 5.26 Å². The molecule has 0 aliphatic rings. The first-order valence-corrected chi connectivity index (χ1v) is 9.07. The summed E-state index contributed by atoms with van der Waals surface area (Å²) in [5, 5.41) is 16.7. The van der Waals surface area contributed by atoms with E-state index < -0.39 is 6.09 Å². The molecule has 0 atom stereocenters. The molecule has 0 radical (unpaired) electrons. The van der Waals surface area contributed by atoms with Gasteiger partial charge in [-0.1, -0.05) is 19.4 Å². The number of nitrogens with two attached hydrogens (primary N) is 1. The lowest BCUT2D eigenvalue weighted by atomic mass is 10.1. The molecule has 0 aliphatic carbocycles. The number of fused-ring (bicyclic) bond motifs is 1. The number of nitrogens with zero attached hydrogens (tertiary/aromatic N) is 5. The predicted octanol–water partition coefficient (Wildman–Crippen LogP) is 2.42. The minimum absolute atomic E-state index is 0.139. The number of unbranched alkanes of at least 4 members (excludes halogenated alkanes) is 1. The molecule has 3 rings (SSSR count). The molecule has 2 heterocycles. The van der Waals surface area contributed by atoms with Gasteiger partial charge in [0.1, 0.15) is 16.8 Å². The fourth-order valence-electron chi connectivity index (χ4n) is 2.85. The number of ether oxygens (including phenoxy) is 2. The first kappa shape index (κ1) is 19.9. The third-order valence-electron chi connectivity index (χ3n) is 4.22. The Morgan fingerprint density at radius 1 is 1.38 bits per heavy atom. The Bertz CT molecular complexity index is 1070. The molecule has 0 saturated carbocycles. The zero-order valence-corrected chi connectivity index (χ0v) is 16.2. The average molecular weight is 395 g/mol. The Labute approximate surface area is 167 Å². The molecule has 10 nitrogen and oxygen atoms in total. The second-order valence-corrected chi connectivity index (χ2v) is 6.23. The summed E-state index contributed by atoms with van der Waals surface area (Å²) in [6.45, 7) is 3.14. The first-order valence-electron chi connectivity index (χ1n) is 9.07. The summed E-state index contributed by atoms with van der Waals surface area (Å²) >= 11 is 0. The number of hydrogen-bond acceptors (Lipinski definition) is 8. The van der Waals surface area contributed by atoms with Gasteiger partial charge < -0.3 is 20.5 Å². The smallest absolute Gasteiger partial charge is 0.412 e. The number of carbonyl (C=O) groups excluding carboxylic acids is 1. The van der Waals surface area contributed by atoms with E-state index in [0.29, 0.717) is 41.3 Å². The lowest BCUT2D eigenvalue weighted by Gasteiger charge is -2.12. The number of nitriles is 1. The molecule has 0 spiro atoms. The summed E-state index contributed by atoms with van der Waals surface area (Å²) in [6, 6.07) is 7.17. The van der Waals surface area contributed by atoms with Gasteiger partial charge >= 0.3 is 12.1 Å². The van der Waals surface area contributed by atoms with Gasteiger partial charge in [-0.05, 0) is 18.6 Å². The van der Waals surface area contributed by atoms with Gasteiger partial charge in [0.2, 0.25) is 0 Å². The molecule has 1 amide bonds. The van der Waals surface area contributed by atoms with E-state index in [-0.39, 0.29) is 6.01 Å². The average Bonchev–Trinajstić information content (AvgIpc) is 3.10. The first-order chi connectivity index (χ1) is 14.0. The van der Waals surface area contributed by atoms with Crippen LogP contribution in [0.2, 0.25) is 0 Å². The molecular weight excluding hydrogens is 374 g/mol. The van der Waals surface area contributed by atoms with Crippen molar-refractivity contribution in [2.75, 3.05) is 19.0 Å². The van der Waals surface area contributed by atoms with E-state index in [2.05, 4.69) is 33.4 Å². The maximum atomic E-state index is 11.1. The number of carbonyl (C=O) groups is 1. The van der Waals surface area contributed by atoms with Crippen molar-refractivity contribution >= 4 is 22.9 Å². The zero-order valence-electron chi connectivity index (χ0n) is 16.2. The summed E-state index contributed by atoms with van der Waals surface area (Å²) in [5.41, 5.74) is 7.59. The van der Waals surface area contributed by atoms with Crippen molar-refractivity contribution in [3.8, 4) is 17.8 Å². The molecular formula is C19H21N7O3. The van der Waals surface area contributed by atoms with Crippen LogP contribution in [0.15, 0.2) is 24.4 Å². The summed E-state index contributed by atoms with van der Waals surface area (Å²) in [6.07, 6.45) is 2.52. The van der Waals surface area contributed by atoms with Crippen molar-refractivity contribution in [2.24, 2.45) is 5.73 Å². The van der Waals surface area contributed by atoms with Gasteiger partial charge in [0.05, 0.1) is 31.5 Å². The SMILES string of the molecule is CCCCNc1nc(OC(N)=O)nc2cnn(Cc3ccc(C#N)cc3OC)c12. The molecule has 3 aromatic rings. The minimum atomic E-state index is -0.987. The van der Waals surface area contributed by atoms with Gasteiger partial charge in [-0.2, -0.15) is 20.3 Å². The van der Waals surface area contributed by atoms with Crippen molar-refractivity contribution in [1.82, 2.24) is 19.7 Å². The summed E-state index contributed by atoms with van der Waals surface area (Å²) in [7, 11) is 1.55. The molecule has 29 heavy (non-hydrogen) atoms. The normalized spacial score (nSPS) is 10.5. The number of methoxy groups -OCH3 is 1. The number of primary amides is 1. The summed E-state index contributed by atoms with van der Waals surface area (Å²) in [4.78, 5) is 19.6. The van der Waals surface area contributed by atoms with Gasteiger partial charge in [-0.25, -0.2) is 4.79 Å². The maximum Gasteiger partial charge on any atom is 0.412 e. The molecule has 0 bridgehead atoms. The van der Waals surface area contributed by atoms with Crippen LogP contribution in [0.4, 0.5) is 10.6 Å².